The van der Waals surface area contributed by atoms with E-state index in [1.54, 1.807) is 12.4 Å². The van der Waals surface area contributed by atoms with Crippen LogP contribution in [0.3, 0.4) is 0 Å². The first-order valence-electron chi connectivity index (χ1n) is 6.53. The minimum Gasteiger partial charge on any atom is -0.424 e. The Morgan fingerprint density at radius 2 is 1.95 bits per heavy atom. The topological polar surface area (TPSA) is 47.0 Å². The standard InChI is InChI=1S/C15H18BrN3O/c1-10(2)17-7-12-8-18-15(19-9-12)20-14-6-13(16)5-4-11(14)3/h4-6,8-10,17H,7H2,1-3H3. The molecule has 1 aromatic carbocycles. The molecule has 4 nitrogen and oxygen atoms in total. The third kappa shape index (κ3) is 4.28. The Morgan fingerprint density at radius 1 is 1.25 bits per heavy atom. The van der Waals surface area contributed by atoms with E-state index in [2.05, 4.69) is 45.1 Å². The van der Waals surface area contributed by atoms with Crippen molar-refractivity contribution < 1.29 is 4.74 Å². The fourth-order valence-corrected chi connectivity index (χ4v) is 1.93. The summed E-state index contributed by atoms with van der Waals surface area (Å²) in [4.78, 5) is 8.47. The molecular weight excluding hydrogens is 318 g/mol. The van der Waals surface area contributed by atoms with E-state index in [1.807, 2.05) is 25.1 Å². The van der Waals surface area contributed by atoms with Crippen LogP contribution in [0.4, 0.5) is 0 Å². The van der Waals surface area contributed by atoms with Crippen molar-refractivity contribution in [3.05, 3.63) is 46.2 Å². The van der Waals surface area contributed by atoms with E-state index in [4.69, 9.17) is 4.74 Å². The van der Waals surface area contributed by atoms with Crippen LogP contribution >= 0.6 is 15.9 Å². The SMILES string of the molecule is Cc1ccc(Br)cc1Oc1ncc(CNC(C)C)cn1. The van der Waals surface area contributed by atoms with Crippen LogP contribution in [0.2, 0.25) is 0 Å². The number of hydrogen-bond acceptors (Lipinski definition) is 4. The number of nitrogens with zero attached hydrogens (tertiary/aromatic N) is 2. The number of aromatic nitrogens is 2. The molecule has 0 atom stereocenters. The van der Waals surface area contributed by atoms with E-state index < -0.39 is 0 Å². The maximum atomic E-state index is 5.70. The average Bonchev–Trinajstić information content (AvgIpc) is 2.42. The molecule has 20 heavy (non-hydrogen) atoms. The quantitative estimate of drug-likeness (QED) is 0.901. The maximum Gasteiger partial charge on any atom is 0.321 e. The molecule has 2 aromatic rings. The van der Waals surface area contributed by atoms with E-state index in [-0.39, 0.29) is 0 Å². The number of aryl methyl sites for hydroxylation is 1. The second kappa shape index (κ2) is 6.81. The smallest absolute Gasteiger partial charge is 0.321 e. The van der Waals surface area contributed by atoms with E-state index >= 15 is 0 Å². The van der Waals surface area contributed by atoms with Crippen molar-refractivity contribution in [1.82, 2.24) is 15.3 Å². The highest BCUT2D eigenvalue weighted by Crippen LogP contribution is 2.26. The van der Waals surface area contributed by atoms with Crippen molar-refractivity contribution in [1.29, 1.82) is 0 Å². The molecule has 5 heteroatoms. The van der Waals surface area contributed by atoms with Crippen molar-refractivity contribution in [3.63, 3.8) is 0 Å². The van der Waals surface area contributed by atoms with E-state index in [0.717, 1.165) is 27.9 Å². The van der Waals surface area contributed by atoms with Gasteiger partial charge in [-0.1, -0.05) is 35.8 Å². The zero-order valence-corrected chi connectivity index (χ0v) is 13.4. The summed E-state index contributed by atoms with van der Waals surface area (Å²) in [6, 6.07) is 6.67. The molecule has 1 N–H and O–H groups in total. The number of ether oxygens (including phenoxy) is 1. The minimum atomic E-state index is 0.361. The lowest BCUT2D eigenvalue weighted by Gasteiger charge is -2.09. The van der Waals surface area contributed by atoms with Crippen LogP contribution in [0.5, 0.6) is 11.8 Å². The van der Waals surface area contributed by atoms with Crippen molar-refractivity contribution in [2.24, 2.45) is 0 Å². The first kappa shape index (κ1) is 14.9. The molecule has 0 aliphatic rings. The van der Waals surface area contributed by atoms with Crippen LogP contribution in [-0.2, 0) is 6.54 Å². The largest absolute Gasteiger partial charge is 0.424 e. The third-order valence-electron chi connectivity index (χ3n) is 2.75. The van der Waals surface area contributed by atoms with E-state index in [0.29, 0.717) is 12.1 Å². The summed E-state index contributed by atoms with van der Waals surface area (Å²) in [5.74, 6) is 0.757. The summed E-state index contributed by atoms with van der Waals surface area (Å²) >= 11 is 3.43. The molecule has 0 saturated heterocycles. The summed E-state index contributed by atoms with van der Waals surface area (Å²) < 4.78 is 6.67. The lowest BCUT2D eigenvalue weighted by atomic mass is 10.2. The van der Waals surface area contributed by atoms with Gasteiger partial charge in [0.2, 0.25) is 0 Å². The molecule has 0 amide bonds. The highest BCUT2D eigenvalue weighted by atomic mass is 79.9. The van der Waals surface area contributed by atoms with Gasteiger partial charge in [0.05, 0.1) is 0 Å². The fraction of sp³-hybridized carbons (Fsp3) is 0.333. The highest BCUT2D eigenvalue weighted by molar-refractivity contribution is 9.10. The summed E-state index contributed by atoms with van der Waals surface area (Å²) in [6.45, 7) is 6.96. The molecule has 0 bridgehead atoms. The number of rotatable bonds is 5. The van der Waals surface area contributed by atoms with Gasteiger partial charge < -0.3 is 10.1 Å². The van der Waals surface area contributed by atoms with Gasteiger partial charge in [0.15, 0.2) is 0 Å². The number of hydrogen-bond donors (Lipinski definition) is 1. The van der Waals surface area contributed by atoms with E-state index in [9.17, 15) is 0 Å². The molecule has 1 aromatic heterocycles. The molecule has 0 unspecified atom stereocenters. The first-order valence-corrected chi connectivity index (χ1v) is 7.32. The lowest BCUT2D eigenvalue weighted by molar-refractivity contribution is 0.437. The number of halogens is 1. The normalized spacial score (nSPS) is 10.8. The van der Waals surface area contributed by atoms with Gasteiger partial charge in [-0.05, 0) is 24.6 Å². The second-order valence-corrected chi connectivity index (χ2v) is 5.84. The van der Waals surface area contributed by atoms with Gasteiger partial charge in [-0.3, -0.25) is 0 Å². The summed E-state index contributed by atoms with van der Waals surface area (Å²) in [7, 11) is 0. The second-order valence-electron chi connectivity index (χ2n) is 4.92. The highest BCUT2D eigenvalue weighted by Gasteiger charge is 2.05. The van der Waals surface area contributed by atoms with Crippen LogP contribution < -0.4 is 10.1 Å². The van der Waals surface area contributed by atoms with Gasteiger partial charge in [0.25, 0.3) is 0 Å². The van der Waals surface area contributed by atoms with Crippen molar-refractivity contribution in [2.45, 2.75) is 33.4 Å². The Hall–Kier alpha value is -1.46. The van der Waals surface area contributed by atoms with Gasteiger partial charge >= 0.3 is 6.01 Å². The Labute approximate surface area is 127 Å². The van der Waals surface area contributed by atoms with Crippen LogP contribution in [-0.4, -0.2) is 16.0 Å². The predicted molar refractivity (Wildman–Crippen MR) is 83.0 cm³/mol. The van der Waals surface area contributed by atoms with Gasteiger partial charge in [0, 0.05) is 35.0 Å². The Morgan fingerprint density at radius 3 is 2.60 bits per heavy atom. The van der Waals surface area contributed by atoms with E-state index in [1.165, 1.54) is 0 Å². The Kier molecular flexibility index (Phi) is 5.09. The average molecular weight is 336 g/mol. The van der Waals surface area contributed by atoms with Crippen LogP contribution in [0.25, 0.3) is 0 Å². The molecular formula is C15H18BrN3O. The molecule has 106 valence electrons. The third-order valence-corrected chi connectivity index (χ3v) is 3.24. The Bertz CT molecular complexity index is 570. The summed E-state index contributed by atoms with van der Waals surface area (Å²) in [5, 5.41) is 3.32. The number of nitrogens with one attached hydrogen (secondary N) is 1. The van der Waals surface area contributed by atoms with Crippen LogP contribution in [0.1, 0.15) is 25.0 Å². The molecule has 0 aliphatic heterocycles. The molecule has 0 fully saturated rings. The van der Waals surface area contributed by atoms with Gasteiger partial charge in [-0.25, -0.2) is 9.97 Å². The summed E-state index contributed by atoms with van der Waals surface area (Å²) in [5.41, 5.74) is 2.08. The zero-order chi connectivity index (χ0) is 14.5. The van der Waals surface area contributed by atoms with Crippen molar-refractivity contribution >= 4 is 15.9 Å². The van der Waals surface area contributed by atoms with Crippen molar-refractivity contribution in [2.75, 3.05) is 0 Å². The first-order chi connectivity index (χ1) is 9.54. The molecule has 1 heterocycles. The van der Waals surface area contributed by atoms with Gasteiger partial charge in [0.1, 0.15) is 5.75 Å². The summed E-state index contributed by atoms with van der Waals surface area (Å²) in [6.07, 6.45) is 3.57. The fourth-order valence-electron chi connectivity index (χ4n) is 1.59. The van der Waals surface area contributed by atoms with Crippen molar-refractivity contribution in [3.8, 4) is 11.8 Å². The molecule has 0 radical (unpaired) electrons. The molecule has 2 rings (SSSR count). The number of benzene rings is 1. The van der Waals surface area contributed by atoms with Crippen LogP contribution in [0, 0.1) is 6.92 Å². The van der Waals surface area contributed by atoms with Crippen LogP contribution in [0.15, 0.2) is 35.1 Å². The monoisotopic (exact) mass is 335 g/mol. The lowest BCUT2D eigenvalue weighted by Crippen LogP contribution is -2.21. The Balaban J connectivity index is 2.05. The maximum absolute atomic E-state index is 5.70. The molecule has 0 saturated carbocycles. The minimum absolute atomic E-state index is 0.361. The predicted octanol–water partition coefficient (Wildman–Crippen LogP) is 3.84. The van der Waals surface area contributed by atoms with Gasteiger partial charge in [-0.2, -0.15) is 0 Å². The van der Waals surface area contributed by atoms with Gasteiger partial charge in [-0.15, -0.1) is 0 Å². The molecule has 0 spiro atoms. The zero-order valence-electron chi connectivity index (χ0n) is 11.9. The molecule has 0 aliphatic carbocycles.